The second-order valence-corrected chi connectivity index (χ2v) is 5.98. The molecule has 116 valence electrons. The maximum atomic E-state index is 12.0. The first-order chi connectivity index (χ1) is 10.0. The third kappa shape index (κ3) is 5.19. The molecule has 1 aliphatic rings. The fraction of sp³-hybridized carbons (Fsp3) is 0.533. The molecule has 2 rings (SSSR count). The lowest BCUT2D eigenvalue weighted by Crippen LogP contribution is -2.36. The largest absolute Gasteiger partial charge is 0.397 e. The molecule has 0 aromatic heterocycles. The van der Waals surface area contributed by atoms with Gasteiger partial charge in [0.1, 0.15) is 0 Å². The highest BCUT2D eigenvalue weighted by Gasteiger charge is 2.13. The molecule has 1 aromatic rings. The van der Waals surface area contributed by atoms with Crippen LogP contribution in [-0.4, -0.2) is 55.5 Å². The summed E-state index contributed by atoms with van der Waals surface area (Å²) < 4.78 is 0. The molecule has 0 spiro atoms. The van der Waals surface area contributed by atoms with Crippen LogP contribution in [0.1, 0.15) is 12.8 Å². The Hall–Kier alpha value is -1.30. The highest BCUT2D eigenvalue weighted by atomic mass is 35.5. The molecule has 0 unspecified atom stereocenters. The summed E-state index contributed by atoms with van der Waals surface area (Å²) in [5, 5.41) is 3.33. The second kappa shape index (κ2) is 7.64. The van der Waals surface area contributed by atoms with Crippen molar-refractivity contribution < 1.29 is 4.79 Å². The first kappa shape index (κ1) is 16.1. The smallest absolute Gasteiger partial charge is 0.238 e. The molecule has 0 aliphatic carbocycles. The first-order valence-electron chi connectivity index (χ1n) is 7.30. The lowest BCUT2D eigenvalue weighted by atomic mass is 10.3. The van der Waals surface area contributed by atoms with E-state index in [0.717, 1.165) is 13.1 Å². The van der Waals surface area contributed by atoms with Crippen molar-refractivity contribution in [1.82, 2.24) is 9.80 Å². The Kier molecular flexibility index (Phi) is 5.85. The number of nitrogens with one attached hydrogen (secondary N) is 1. The van der Waals surface area contributed by atoms with Crippen LogP contribution in [0.25, 0.3) is 0 Å². The molecule has 5 nitrogen and oxygen atoms in total. The van der Waals surface area contributed by atoms with Crippen LogP contribution in [0.15, 0.2) is 18.2 Å². The van der Waals surface area contributed by atoms with Gasteiger partial charge in [-0.05, 0) is 51.2 Å². The van der Waals surface area contributed by atoms with Crippen molar-refractivity contribution in [3.8, 4) is 0 Å². The number of benzene rings is 1. The van der Waals surface area contributed by atoms with E-state index < -0.39 is 0 Å². The molecule has 21 heavy (non-hydrogen) atoms. The van der Waals surface area contributed by atoms with Crippen molar-refractivity contribution >= 4 is 28.9 Å². The molecule has 1 saturated heterocycles. The maximum absolute atomic E-state index is 12.0. The van der Waals surface area contributed by atoms with Gasteiger partial charge in [-0.1, -0.05) is 11.6 Å². The van der Waals surface area contributed by atoms with Crippen molar-refractivity contribution in [3.63, 3.8) is 0 Å². The Morgan fingerprint density at radius 1 is 1.43 bits per heavy atom. The van der Waals surface area contributed by atoms with Gasteiger partial charge in [-0.3, -0.25) is 9.69 Å². The van der Waals surface area contributed by atoms with Crippen molar-refractivity contribution in [1.29, 1.82) is 0 Å². The van der Waals surface area contributed by atoms with E-state index in [0.29, 0.717) is 22.9 Å². The number of amides is 1. The number of likely N-dealkylation sites (N-methyl/N-ethyl adjacent to an activating group) is 1. The summed E-state index contributed by atoms with van der Waals surface area (Å²) in [6.07, 6.45) is 2.59. The molecule has 0 bridgehead atoms. The van der Waals surface area contributed by atoms with E-state index in [1.165, 1.54) is 25.9 Å². The molecule has 0 atom stereocenters. The Morgan fingerprint density at radius 3 is 2.81 bits per heavy atom. The standard InChI is InChI=1S/C15H23ClN4O/c1-19(8-9-20-6-2-3-7-20)11-15(21)18-12-4-5-13(16)14(17)10-12/h4-5,10H,2-3,6-9,11,17H2,1H3,(H,18,21). The van der Waals surface area contributed by atoms with Crippen molar-refractivity contribution in [2.24, 2.45) is 0 Å². The molecule has 6 heteroatoms. The van der Waals surface area contributed by atoms with Gasteiger partial charge in [-0.25, -0.2) is 0 Å². The molecular weight excluding hydrogens is 288 g/mol. The summed E-state index contributed by atoms with van der Waals surface area (Å²) in [5.74, 6) is -0.0411. The number of anilines is 2. The van der Waals surface area contributed by atoms with Gasteiger partial charge in [0.25, 0.3) is 0 Å². The van der Waals surface area contributed by atoms with E-state index in [2.05, 4.69) is 10.2 Å². The van der Waals surface area contributed by atoms with Gasteiger partial charge in [-0.15, -0.1) is 0 Å². The van der Waals surface area contributed by atoms with Crippen LogP contribution in [0.2, 0.25) is 5.02 Å². The third-order valence-electron chi connectivity index (χ3n) is 3.69. The number of carbonyl (C=O) groups is 1. The summed E-state index contributed by atoms with van der Waals surface area (Å²) in [6, 6.07) is 5.11. The number of carbonyl (C=O) groups excluding carboxylic acids is 1. The Labute approximate surface area is 131 Å². The van der Waals surface area contributed by atoms with Gasteiger partial charge in [0.15, 0.2) is 0 Å². The third-order valence-corrected chi connectivity index (χ3v) is 4.03. The number of nitrogens with two attached hydrogens (primary N) is 1. The van der Waals surface area contributed by atoms with Crippen LogP contribution < -0.4 is 11.1 Å². The molecule has 1 aromatic carbocycles. The Morgan fingerprint density at radius 2 is 2.14 bits per heavy atom. The predicted octanol–water partition coefficient (Wildman–Crippen LogP) is 1.89. The average molecular weight is 311 g/mol. The number of rotatable bonds is 6. The molecule has 0 radical (unpaired) electrons. The van der Waals surface area contributed by atoms with Gasteiger partial charge in [-0.2, -0.15) is 0 Å². The van der Waals surface area contributed by atoms with Crippen LogP contribution in [0, 0.1) is 0 Å². The topological polar surface area (TPSA) is 61.6 Å². The van der Waals surface area contributed by atoms with E-state index in [1.54, 1.807) is 18.2 Å². The number of hydrogen-bond acceptors (Lipinski definition) is 4. The minimum atomic E-state index is -0.0411. The number of likely N-dealkylation sites (tertiary alicyclic amines) is 1. The number of nitrogen functional groups attached to an aromatic ring is 1. The van der Waals surface area contributed by atoms with E-state index in [-0.39, 0.29) is 5.91 Å². The Balaban J connectivity index is 1.73. The van der Waals surface area contributed by atoms with Crippen LogP contribution >= 0.6 is 11.6 Å². The first-order valence-corrected chi connectivity index (χ1v) is 7.68. The normalized spacial score (nSPS) is 15.6. The lowest BCUT2D eigenvalue weighted by molar-refractivity contribution is -0.117. The van der Waals surface area contributed by atoms with Gasteiger partial charge in [0.05, 0.1) is 17.3 Å². The van der Waals surface area contributed by atoms with Gasteiger partial charge < -0.3 is 16.0 Å². The van der Waals surface area contributed by atoms with Crippen molar-refractivity contribution in [2.45, 2.75) is 12.8 Å². The fourth-order valence-corrected chi connectivity index (χ4v) is 2.58. The van der Waals surface area contributed by atoms with E-state index in [1.807, 2.05) is 11.9 Å². The zero-order valence-corrected chi connectivity index (χ0v) is 13.2. The predicted molar refractivity (Wildman–Crippen MR) is 87.7 cm³/mol. The van der Waals surface area contributed by atoms with E-state index >= 15 is 0 Å². The molecule has 1 fully saturated rings. The number of nitrogens with zero attached hydrogens (tertiary/aromatic N) is 2. The van der Waals surface area contributed by atoms with E-state index in [9.17, 15) is 4.79 Å². The highest BCUT2D eigenvalue weighted by Crippen LogP contribution is 2.22. The summed E-state index contributed by atoms with van der Waals surface area (Å²) in [6.45, 7) is 4.67. The van der Waals surface area contributed by atoms with Crippen LogP contribution in [0.5, 0.6) is 0 Å². The Bertz CT molecular complexity index is 489. The van der Waals surface area contributed by atoms with Crippen LogP contribution in [0.3, 0.4) is 0 Å². The maximum Gasteiger partial charge on any atom is 0.238 e. The summed E-state index contributed by atoms with van der Waals surface area (Å²) in [4.78, 5) is 16.4. The summed E-state index contributed by atoms with van der Waals surface area (Å²) >= 11 is 5.85. The number of hydrogen-bond donors (Lipinski definition) is 2. The lowest BCUT2D eigenvalue weighted by Gasteiger charge is -2.20. The SMILES string of the molecule is CN(CCN1CCCC1)CC(=O)Nc1ccc(Cl)c(N)c1. The molecule has 1 heterocycles. The molecule has 3 N–H and O–H groups in total. The van der Waals surface area contributed by atoms with E-state index in [4.69, 9.17) is 17.3 Å². The zero-order valence-electron chi connectivity index (χ0n) is 12.4. The fourth-order valence-electron chi connectivity index (χ4n) is 2.46. The van der Waals surface area contributed by atoms with Gasteiger partial charge in [0, 0.05) is 18.8 Å². The minimum Gasteiger partial charge on any atom is -0.397 e. The highest BCUT2D eigenvalue weighted by molar-refractivity contribution is 6.33. The van der Waals surface area contributed by atoms with Crippen molar-refractivity contribution in [2.75, 3.05) is 50.8 Å². The molecular formula is C15H23ClN4O. The van der Waals surface area contributed by atoms with Gasteiger partial charge >= 0.3 is 0 Å². The van der Waals surface area contributed by atoms with Crippen LogP contribution in [-0.2, 0) is 4.79 Å². The molecule has 1 aliphatic heterocycles. The quantitative estimate of drug-likeness (QED) is 0.788. The van der Waals surface area contributed by atoms with Crippen LogP contribution in [0.4, 0.5) is 11.4 Å². The average Bonchev–Trinajstić information content (AvgIpc) is 2.94. The monoisotopic (exact) mass is 310 g/mol. The minimum absolute atomic E-state index is 0.0411. The number of halogens is 1. The molecule has 0 saturated carbocycles. The molecule has 1 amide bonds. The summed E-state index contributed by atoms with van der Waals surface area (Å²) in [5.41, 5.74) is 6.86. The van der Waals surface area contributed by atoms with Gasteiger partial charge in [0.2, 0.25) is 5.91 Å². The summed E-state index contributed by atoms with van der Waals surface area (Å²) in [7, 11) is 1.96. The second-order valence-electron chi connectivity index (χ2n) is 5.57. The van der Waals surface area contributed by atoms with Crippen molar-refractivity contribution in [3.05, 3.63) is 23.2 Å². The zero-order chi connectivity index (χ0) is 15.2.